The van der Waals surface area contributed by atoms with Crippen molar-refractivity contribution in [2.75, 3.05) is 33.9 Å². The molecular formula is C19H28N4O3S2. The first-order valence-corrected chi connectivity index (χ1v) is 11.5. The van der Waals surface area contributed by atoms with Crippen molar-refractivity contribution >= 4 is 27.3 Å². The summed E-state index contributed by atoms with van der Waals surface area (Å²) in [6, 6.07) is 8.94. The van der Waals surface area contributed by atoms with Gasteiger partial charge in [-0.1, -0.05) is 12.1 Å². The Bertz CT molecular complexity index is 852. The van der Waals surface area contributed by atoms with Crippen molar-refractivity contribution in [2.24, 2.45) is 4.99 Å². The summed E-state index contributed by atoms with van der Waals surface area (Å²) in [6.45, 7) is 4.48. The number of nitrogens with zero attached hydrogens (tertiary/aromatic N) is 2. The Morgan fingerprint density at radius 2 is 2.11 bits per heavy atom. The van der Waals surface area contributed by atoms with Gasteiger partial charge in [-0.2, -0.15) is 11.3 Å². The number of sulfonamides is 1. The van der Waals surface area contributed by atoms with E-state index in [0.29, 0.717) is 13.2 Å². The first-order valence-electron chi connectivity index (χ1n) is 9.04. The van der Waals surface area contributed by atoms with Crippen LogP contribution in [-0.2, 0) is 27.8 Å². The number of guanidine groups is 1. The number of aliphatic imine (C=N–C) groups is 1. The van der Waals surface area contributed by atoms with Crippen molar-refractivity contribution in [3.05, 3.63) is 52.2 Å². The van der Waals surface area contributed by atoms with Crippen LogP contribution in [0.1, 0.15) is 18.1 Å². The smallest absolute Gasteiger partial charge is 0.240 e. The monoisotopic (exact) mass is 424 g/mol. The molecule has 0 spiro atoms. The van der Waals surface area contributed by atoms with E-state index in [-0.39, 0.29) is 11.4 Å². The second-order valence-corrected chi connectivity index (χ2v) is 8.74. The summed E-state index contributed by atoms with van der Waals surface area (Å²) >= 11 is 1.67. The average molecular weight is 425 g/mol. The quantitative estimate of drug-likeness (QED) is 0.347. The maximum atomic E-state index is 12.4. The molecule has 0 amide bonds. The van der Waals surface area contributed by atoms with Gasteiger partial charge < -0.3 is 15.0 Å². The number of thiophene rings is 1. The Kier molecular flexibility index (Phi) is 8.91. The second kappa shape index (κ2) is 11.2. The van der Waals surface area contributed by atoms with E-state index in [9.17, 15) is 8.42 Å². The fraction of sp³-hybridized carbons (Fsp3) is 0.421. The SMILES string of the molecule is CCNC(=NCc1cccc(S(=O)(=O)NCCOC)c1)N(C)Cc1ccsc1. The van der Waals surface area contributed by atoms with Crippen molar-refractivity contribution < 1.29 is 13.2 Å². The molecule has 0 aliphatic carbocycles. The first kappa shape index (κ1) is 22.4. The Morgan fingerprint density at radius 1 is 1.29 bits per heavy atom. The van der Waals surface area contributed by atoms with Gasteiger partial charge in [0.25, 0.3) is 0 Å². The molecule has 2 aromatic rings. The zero-order valence-corrected chi connectivity index (χ0v) is 18.1. The third-order valence-electron chi connectivity index (χ3n) is 3.91. The highest BCUT2D eigenvalue weighted by atomic mass is 32.2. The number of ether oxygens (including phenoxy) is 1. The molecule has 0 atom stereocenters. The lowest BCUT2D eigenvalue weighted by Crippen LogP contribution is -2.38. The van der Waals surface area contributed by atoms with Crippen LogP contribution >= 0.6 is 11.3 Å². The second-order valence-electron chi connectivity index (χ2n) is 6.20. The van der Waals surface area contributed by atoms with Crippen LogP contribution in [0.5, 0.6) is 0 Å². The molecule has 28 heavy (non-hydrogen) atoms. The van der Waals surface area contributed by atoms with Crippen LogP contribution < -0.4 is 10.0 Å². The predicted molar refractivity (Wildman–Crippen MR) is 114 cm³/mol. The molecule has 2 rings (SSSR count). The van der Waals surface area contributed by atoms with E-state index < -0.39 is 10.0 Å². The van der Waals surface area contributed by atoms with Gasteiger partial charge in [0.2, 0.25) is 10.0 Å². The van der Waals surface area contributed by atoms with Crippen molar-refractivity contribution in [1.29, 1.82) is 0 Å². The highest BCUT2D eigenvalue weighted by Gasteiger charge is 2.14. The van der Waals surface area contributed by atoms with Crippen LogP contribution in [0.2, 0.25) is 0 Å². The normalized spacial score (nSPS) is 12.2. The lowest BCUT2D eigenvalue weighted by Gasteiger charge is -2.21. The molecule has 0 saturated heterocycles. The molecule has 154 valence electrons. The molecule has 7 nitrogen and oxygen atoms in total. The number of hydrogen-bond donors (Lipinski definition) is 2. The number of rotatable bonds is 10. The Hall–Kier alpha value is -1.94. The van der Waals surface area contributed by atoms with Crippen LogP contribution in [0, 0.1) is 0 Å². The van der Waals surface area contributed by atoms with E-state index in [1.54, 1.807) is 29.5 Å². The maximum absolute atomic E-state index is 12.4. The van der Waals surface area contributed by atoms with Crippen LogP contribution in [0.3, 0.4) is 0 Å². The summed E-state index contributed by atoms with van der Waals surface area (Å²) in [7, 11) is -0.0399. The molecule has 1 heterocycles. The number of benzene rings is 1. The van der Waals surface area contributed by atoms with Crippen molar-refractivity contribution in [1.82, 2.24) is 14.9 Å². The highest BCUT2D eigenvalue weighted by molar-refractivity contribution is 7.89. The van der Waals surface area contributed by atoms with Gasteiger partial charge in [0.1, 0.15) is 0 Å². The van der Waals surface area contributed by atoms with Gasteiger partial charge in [0.15, 0.2) is 5.96 Å². The third-order valence-corrected chi connectivity index (χ3v) is 6.11. The summed E-state index contributed by atoms with van der Waals surface area (Å²) in [6.07, 6.45) is 0. The Labute approximate surface area is 171 Å². The summed E-state index contributed by atoms with van der Waals surface area (Å²) in [5.41, 5.74) is 2.06. The highest BCUT2D eigenvalue weighted by Crippen LogP contribution is 2.13. The van der Waals surface area contributed by atoms with E-state index >= 15 is 0 Å². The fourth-order valence-electron chi connectivity index (χ4n) is 2.54. The molecule has 9 heteroatoms. The van der Waals surface area contributed by atoms with E-state index in [1.807, 2.05) is 20.0 Å². The fourth-order valence-corrected chi connectivity index (χ4v) is 4.28. The molecule has 0 aliphatic heterocycles. The lowest BCUT2D eigenvalue weighted by molar-refractivity contribution is 0.204. The van der Waals surface area contributed by atoms with Gasteiger partial charge in [0.05, 0.1) is 18.0 Å². The van der Waals surface area contributed by atoms with Crippen LogP contribution in [-0.4, -0.2) is 53.1 Å². The van der Waals surface area contributed by atoms with Crippen LogP contribution in [0.25, 0.3) is 0 Å². The van der Waals surface area contributed by atoms with Crippen molar-refractivity contribution in [3.63, 3.8) is 0 Å². The van der Waals surface area contributed by atoms with E-state index in [1.165, 1.54) is 12.7 Å². The Balaban J connectivity index is 2.09. The summed E-state index contributed by atoms with van der Waals surface area (Å²) in [5.74, 6) is 0.778. The predicted octanol–water partition coefficient (Wildman–Crippen LogP) is 2.27. The summed E-state index contributed by atoms with van der Waals surface area (Å²) in [5, 5.41) is 7.45. The molecule has 1 aromatic carbocycles. The number of nitrogens with one attached hydrogen (secondary N) is 2. The molecule has 1 aromatic heterocycles. The minimum atomic E-state index is -3.56. The van der Waals surface area contributed by atoms with Crippen LogP contribution in [0.15, 0.2) is 51.0 Å². The van der Waals surface area contributed by atoms with Crippen molar-refractivity contribution in [2.45, 2.75) is 24.9 Å². The minimum Gasteiger partial charge on any atom is -0.383 e. The lowest BCUT2D eigenvalue weighted by atomic mass is 10.2. The first-order chi connectivity index (χ1) is 13.5. The topological polar surface area (TPSA) is 83.0 Å². The number of hydrogen-bond acceptors (Lipinski definition) is 5. The molecular weight excluding hydrogens is 396 g/mol. The summed E-state index contributed by atoms with van der Waals surface area (Å²) < 4.78 is 32.1. The molecule has 0 bridgehead atoms. The van der Waals surface area contributed by atoms with E-state index in [2.05, 4.69) is 36.8 Å². The minimum absolute atomic E-state index is 0.230. The summed E-state index contributed by atoms with van der Waals surface area (Å²) in [4.78, 5) is 6.95. The van der Waals surface area contributed by atoms with Crippen LogP contribution in [0.4, 0.5) is 0 Å². The maximum Gasteiger partial charge on any atom is 0.240 e. The van der Waals surface area contributed by atoms with Gasteiger partial charge in [-0.15, -0.1) is 0 Å². The third kappa shape index (κ3) is 6.90. The van der Waals surface area contributed by atoms with Gasteiger partial charge in [-0.05, 0) is 47.0 Å². The molecule has 0 fully saturated rings. The van der Waals surface area contributed by atoms with Gasteiger partial charge in [-0.3, -0.25) is 0 Å². The van der Waals surface area contributed by atoms with E-state index in [0.717, 1.165) is 24.6 Å². The molecule has 0 saturated carbocycles. The largest absolute Gasteiger partial charge is 0.383 e. The molecule has 0 aliphatic rings. The number of methoxy groups -OCH3 is 1. The van der Waals surface area contributed by atoms with E-state index in [4.69, 9.17) is 4.74 Å². The molecule has 0 radical (unpaired) electrons. The zero-order valence-electron chi connectivity index (χ0n) is 16.5. The molecule has 2 N–H and O–H groups in total. The average Bonchev–Trinajstić information content (AvgIpc) is 3.18. The van der Waals surface area contributed by atoms with Crippen molar-refractivity contribution in [3.8, 4) is 0 Å². The molecule has 0 unspecified atom stereocenters. The van der Waals surface area contributed by atoms with Gasteiger partial charge in [0, 0.05) is 33.8 Å². The van der Waals surface area contributed by atoms with Gasteiger partial charge in [-0.25, -0.2) is 18.1 Å². The van der Waals surface area contributed by atoms with Gasteiger partial charge >= 0.3 is 0 Å². The Morgan fingerprint density at radius 3 is 2.79 bits per heavy atom. The zero-order chi connectivity index (χ0) is 20.4. The standard InChI is InChI=1S/C19H28N4O3S2/c1-4-20-19(23(2)14-17-8-11-27-15-17)21-13-16-6-5-7-18(12-16)28(24,25)22-9-10-26-3/h5-8,11-12,15,22H,4,9-10,13-14H2,1-3H3,(H,20,21).